The Morgan fingerprint density at radius 1 is 0.902 bits per heavy atom. The standard InChI is InChI=1S/C13H8F6N4O.C12H16FNO2S/c14-12(15,16)8-3-21-9(1-7(8)2-20-6-24)10-4-23-11(5-22-10)13(17,18)19;1-9-3-4-10(2)14(9)17(15,16)12-7-5-11(13)6-8-12/h1,3-6H,2H2,(H,20,24);5-10H,3-4H2,1-2H3/t;9-,10+. The minimum absolute atomic E-state index is 0.0139. The number of hydrogen-bond acceptors (Lipinski definition) is 6. The first kappa shape index (κ1) is 31.9. The van der Waals surface area contributed by atoms with E-state index in [0.29, 0.717) is 12.4 Å². The number of carbonyl (C=O) groups is 1. The predicted molar refractivity (Wildman–Crippen MR) is 132 cm³/mol. The van der Waals surface area contributed by atoms with Crippen LogP contribution in [0.25, 0.3) is 11.4 Å². The first-order valence-corrected chi connectivity index (χ1v) is 13.4. The molecule has 1 fully saturated rings. The lowest BCUT2D eigenvalue weighted by Crippen LogP contribution is -2.38. The molecule has 2 atom stereocenters. The van der Waals surface area contributed by atoms with E-state index in [0.717, 1.165) is 25.1 Å². The molecule has 1 aromatic carbocycles. The van der Waals surface area contributed by atoms with Crippen LogP contribution in [0, 0.1) is 5.82 Å². The van der Waals surface area contributed by atoms with Crippen molar-refractivity contribution in [2.45, 2.75) is 62.6 Å². The number of nitrogens with one attached hydrogen (secondary N) is 1. The fourth-order valence-corrected chi connectivity index (χ4v) is 6.05. The largest absolute Gasteiger partial charge is 0.434 e. The van der Waals surface area contributed by atoms with E-state index in [9.17, 15) is 43.9 Å². The van der Waals surface area contributed by atoms with E-state index in [1.807, 2.05) is 13.8 Å². The number of sulfonamides is 1. The molecule has 16 heteroatoms. The van der Waals surface area contributed by atoms with Gasteiger partial charge in [0.2, 0.25) is 16.4 Å². The highest BCUT2D eigenvalue weighted by Gasteiger charge is 2.38. The summed E-state index contributed by atoms with van der Waals surface area (Å²) in [6.07, 6.45) is -5.67. The maximum absolute atomic E-state index is 12.9. The zero-order chi connectivity index (χ0) is 30.6. The summed E-state index contributed by atoms with van der Waals surface area (Å²) in [5.41, 5.74) is -2.85. The number of amides is 1. The fourth-order valence-electron chi connectivity index (χ4n) is 4.17. The first-order valence-electron chi connectivity index (χ1n) is 12.0. The number of hydrogen-bond donors (Lipinski definition) is 1. The zero-order valence-corrected chi connectivity index (χ0v) is 22.4. The number of rotatable bonds is 6. The minimum atomic E-state index is -4.70. The Kier molecular flexibility index (Phi) is 9.69. The molecule has 0 saturated carbocycles. The molecule has 0 radical (unpaired) electrons. The van der Waals surface area contributed by atoms with Crippen molar-refractivity contribution in [3.05, 3.63) is 71.6 Å². The second kappa shape index (κ2) is 12.5. The van der Waals surface area contributed by atoms with E-state index in [1.165, 1.54) is 28.6 Å². The van der Waals surface area contributed by atoms with E-state index in [-0.39, 0.29) is 40.3 Å². The molecule has 2 aromatic heterocycles. The number of benzene rings is 1. The Morgan fingerprint density at radius 2 is 1.49 bits per heavy atom. The van der Waals surface area contributed by atoms with Crippen molar-refractivity contribution in [2.75, 3.05) is 0 Å². The molecule has 3 aromatic rings. The number of halogens is 7. The third kappa shape index (κ3) is 7.75. The van der Waals surface area contributed by atoms with Gasteiger partial charge in [-0.05, 0) is 62.6 Å². The molecule has 1 aliphatic rings. The molecular formula is C25H24F7N5O3S. The summed E-state index contributed by atoms with van der Waals surface area (Å²) < 4.78 is 115. The van der Waals surface area contributed by atoms with Gasteiger partial charge in [-0.25, -0.2) is 17.8 Å². The molecule has 0 spiro atoms. The SMILES string of the molecule is C[C@@H]1CC[C@H](C)N1S(=O)(=O)c1ccc(F)cc1.O=CNCc1cc(-c2cnc(C(F)(F)F)cn2)ncc1C(F)(F)F. The predicted octanol–water partition coefficient (Wildman–Crippen LogP) is 5.21. The van der Waals surface area contributed by atoms with E-state index < -0.39 is 46.0 Å². The highest BCUT2D eigenvalue weighted by Crippen LogP contribution is 2.34. The number of alkyl halides is 6. The Balaban J connectivity index is 0.000000239. The lowest BCUT2D eigenvalue weighted by Gasteiger charge is -2.25. The molecule has 1 amide bonds. The van der Waals surface area contributed by atoms with Crippen LogP contribution in [0.15, 0.2) is 53.8 Å². The summed E-state index contributed by atoms with van der Waals surface area (Å²) in [5, 5.41) is 2.09. The molecule has 0 unspecified atom stereocenters. The smallest absolute Gasteiger partial charge is 0.355 e. The second-order valence-electron chi connectivity index (χ2n) is 9.07. The third-order valence-electron chi connectivity index (χ3n) is 6.14. The van der Waals surface area contributed by atoms with Crippen LogP contribution in [0.1, 0.15) is 43.5 Å². The number of nitrogens with zero attached hydrogens (tertiary/aromatic N) is 4. The Bertz CT molecular complexity index is 1440. The normalized spacial score (nSPS) is 18.0. The summed E-state index contributed by atoms with van der Waals surface area (Å²) in [4.78, 5) is 20.7. The monoisotopic (exact) mass is 607 g/mol. The first-order chi connectivity index (χ1) is 19.1. The van der Waals surface area contributed by atoms with Gasteiger partial charge in [-0.15, -0.1) is 0 Å². The Labute approximate surface area is 230 Å². The molecule has 1 saturated heterocycles. The van der Waals surface area contributed by atoms with Crippen LogP contribution in [-0.2, 0) is 33.7 Å². The molecular weight excluding hydrogens is 583 g/mol. The van der Waals surface area contributed by atoms with Crippen LogP contribution in [0.5, 0.6) is 0 Å². The van der Waals surface area contributed by atoms with Gasteiger partial charge in [0, 0.05) is 24.8 Å². The molecule has 4 rings (SSSR count). The zero-order valence-electron chi connectivity index (χ0n) is 21.5. The van der Waals surface area contributed by atoms with Crippen molar-refractivity contribution < 1.29 is 43.9 Å². The van der Waals surface area contributed by atoms with Crippen LogP contribution < -0.4 is 5.32 Å². The van der Waals surface area contributed by atoms with Crippen molar-refractivity contribution in [1.29, 1.82) is 0 Å². The lowest BCUT2D eigenvalue weighted by atomic mass is 10.1. The molecule has 1 N–H and O–H groups in total. The van der Waals surface area contributed by atoms with Gasteiger partial charge in [0.05, 0.1) is 28.5 Å². The second-order valence-corrected chi connectivity index (χ2v) is 10.9. The Morgan fingerprint density at radius 3 is 1.98 bits per heavy atom. The average molecular weight is 608 g/mol. The van der Waals surface area contributed by atoms with Gasteiger partial charge in [-0.2, -0.15) is 30.6 Å². The van der Waals surface area contributed by atoms with Gasteiger partial charge in [0.15, 0.2) is 5.69 Å². The lowest BCUT2D eigenvalue weighted by molar-refractivity contribution is -0.141. The third-order valence-corrected chi connectivity index (χ3v) is 8.28. The van der Waals surface area contributed by atoms with Gasteiger partial charge in [0.1, 0.15) is 11.5 Å². The van der Waals surface area contributed by atoms with Crippen molar-refractivity contribution in [1.82, 2.24) is 24.6 Å². The van der Waals surface area contributed by atoms with Gasteiger partial charge in [-0.1, -0.05) is 0 Å². The van der Waals surface area contributed by atoms with Crippen molar-refractivity contribution in [3.8, 4) is 11.4 Å². The summed E-state index contributed by atoms with van der Waals surface area (Å²) >= 11 is 0. The van der Waals surface area contributed by atoms with E-state index in [4.69, 9.17) is 0 Å². The van der Waals surface area contributed by atoms with Gasteiger partial charge < -0.3 is 5.32 Å². The molecule has 8 nitrogen and oxygen atoms in total. The van der Waals surface area contributed by atoms with Crippen molar-refractivity contribution in [2.24, 2.45) is 0 Å². The fraction of sp³-hybridized carbons (Fsp3) is 0.360. The maximum Gasteiger partial charge on any atom is 0.434 e. The van der Waals surface area contributed by atoms with Crippen molar-refractivity contribution >= 4 is 16.4 Å². The molecule has 222 valence electrons. The molecule has 3 heterocycles. The van der Waals surface area contributed by atoms with Crippen molar-refractivity contribution in [3.63, 3.8) is 0 Å². The topological polar surface area (TPSA) is 105 Å². The van der Waals surface area contributed by atoms with E-state index >= 15 is 0 Å². The molecule has 0 aliphatic carbocycles. The average Bonchev–Trinajstić information content (AvgIpc) is 3.25. The quantitative estimate of drug-likeness (QED) is 0.305. The number of aromatic nitrogens is 3. The molecule has 0 bridgehead atoms. The number of pyridine rings is 1. The van der Waals surface area contributed by atoms with Crippen LogP contribution in [0.3, 0.4) is 0 Å². The minimum Gasteiger partial charge on any atom is -0.355 e. The van der Waals surface area contributed by atoms with Crippen LogP contribution >= 0.6 is 0 Å². The van der Waals surface area contributed by atoms with Gasteiger partial charge >= 0.3 is 12.4 Å². The highest BCUT2D eigenvalue weighted by atomic mass is 32.2. The molecule has 41 heavy (non-hydrogen) atoms. The van der Waals surface area contributed by atoms with Crippen LogP contribution in [0.4, 0.5) is 30.7 Å². The summed E-state index contributed by atoms with van der Waals surface area (Å²) in [7, 11) is -3.49. The van der Waals surface area contributed by atoms with E-state index in [1.54, 1.807) is 0 Å². The maximum atomic E-state index is 12.9. The van der Waals surface area contributed by atoms with Crippen LogP contribution in [0.2, 0.25) is 0 Å². The van der Waals surface area contributed by atoms with Gasteiger partial charge in [0.25, 0.3) is 0 Å². The highest BCUT2D eigenvalue weighted by molar-refractivity contribution is 7.89. The van der Waals surface area contributed by atoms with E-state index in [2.05, 4.69) is 20.3 Å². The summed E-state index contributed by atoms with van der Waals surface area (Å²) in [6, 6.07) is 6.01. The summed E-state index contributed by atoms with van der Waals surface area (Å²) in [6.45, 7) is 3.39. The van der Waals surface area contributed by atoms with Gasteiger partial charge in [-0.3, -0.25) is 14.8 Å². The number of carbonyl (C=O) groups excluding carboxylic acids is 1. The van der Waals surface area contributed by atoms with Crippen LogP contribution in [-0.4, -0.2) is 46.2 Å². The summed E-state index contributed by atoms with van der Waals surface area (Å²) in [5.74, 6) is -0.425. The Hall–Kier alpha value is -3.66. The molecule has 1 aliphatic heterocycles.